The van der Waals surface area contributed by atoms with E-state index >= 15 is 0 Å². The lowest BCUT2D eigenvalue weighted by Crippen LogP contribution is -2.11. The first-order valence-corrected chi connectivity index (χ1v) is 6.40. The number of phenols is 1. The molecular formula is C17H20O2. The Hall–Kier alpha value is -1.96. The Morgan fingerprint density at radius 1 is 1.00 bits per heavy atom. The van der Waals surface area contributed by atoms with Gasteiger partial charge in [-0.3, -0.25) is 0 Å². The van der Waals surface area contributed by atoms with Gasteiger partial charge in [-0.15, -0.1) is 0 Å². The van der Waals surface area contributed by atoms with Gasteiger partial charge in [0.05, 0.1) is 7.11 Å². The van der Waals surface area contributed by atoms with Crippen molar-refractivity contribution >= 4 is 0 Å². The lowest BCUT2D eigenvalue weighted by molar-refractivity contribution is 0.416. The van der Waals surface area contributed by atoms with Crippen molar-refractivity contribution in [3.8, 4) is 22.6 Å². The molecule has 100 valence electrons. The van der Waals surface area contributed by atoms with Crippen LogP contribution in [0.4, 0.5) is 0 Å². The first-order chi connectivity index (χ1) is 8.91. The molecule has 2 heteroatoms. The van der Waals surface area contributed by atoms with Gasteiger partial charge >= 0.3 is 0 Å². The molecule has 2 aromatic rings. The molecule has 0 heterocycles. The first-order valence-electron chi connectivity index (χ1n) is 6.40. The van der Waals surface area contributed by atoms with E-state index in [1.54, 1.807) is 19.2 Å². The molecule has 0 bridgehead atoms. The van der Waals surface area contributed by atoms with Crippen LogP contribution in [0.1, 0.15) is 26.3 Å². The highest BCUT2D eigenvalue weighted by molar-refractivity contribution is 5.72. The topological polar surface area (TPSA) is 29.5 Å². The van der Waals surface area contributed by atoms with E-state index in [-0.39, 0.29) is 11.2 Å². The van der Waals surface area contributed by atoms with Gasteiger partial charge in [-0.25, -0.2) is 0 Å². The van der Waals surface area contributed by atoms with E-state index in [1.165, 1.54) is 5.56 Å². The van der Waals surface area contributed by atoms with E-state index in [0.29, 0.717) is 0 Å². The van der Waals surface area contributed by atoms with Crippen LogP contribution in [0, 0.1) is 0 Å². The van der Waals surface area contributed by atoms with E-state index in [2.05, 4.69) is 32.9 Å². The second kappa shape index (κ2) is 4.96. The number of hydrogen-bond donors (Lipinski definition) is 1. The standard InChI is InChI=1S/C17H20O2/c1-17(2,3)13-8-9-16(19-4)15(11-13)12-6-5-7-14(18)10-12/h5-11,18H,1-4H3. The number of methoxy groups -OCH3 is 1. The summed E-state index contributed by atoms with van der Waals surface area (Å²) in [6.45, 7) is 6.54. The van der Waals surface area contributed by atoms with Crippen LogP contribution in [0.3, 0.4) is 0 Å². The average molecular weight is 256 g/mol. The minimum Gasteiger partial charge on any atom is -0.508 e. The van der Waals surface area contributed by atoms with Crippen molar-refractivity contribution in [2.45, 2.75) is 26.2 Å². The molecular weight excluding hydrogens is 236 g/mol. The second-order valence-corrected chi connectivity index (χ2v) is 5.72. The molecule has 19 heavy (non-hydrogen) atoms. The van der Waals surface area contributed by atoms with Gasteiger partial charge < -0.3 is 9.84 Å². The third kappa shape index (κ3) is 2.90. The summed E-state index contributed by atoms with van der Waals surface area (Å²) in [7, 11) is 1.67. The van der Waals surface area contributed by atoms with Gasteiger partial charge in [-0.2, -0.15) is 0 Å². The molecule has 2 nitrogen and oxygen atoms in total. The summed E-state index contributed by atoms with van der Waals surface area (Å²) in [4.78, 5) is 0. The lowest BCUT2D eigenvalue weighted by Gasteiger charge is -2.21. The predicted molar refractivity (Wildman–Crippen MR) is 78.8 cm³/mol. The first kappa shape index (κ1) is 13.5. The van der Waals surface area contributed by atoms with Crippen LogP contribution in [0.2, 0.25) is 0 Å². The summed E-state index contributed by atoms with van der Waals surface area (Å²) in [5.41, 5.74) is 3.29. The highest BCUT2D eigenvalue weighted by atomic mass is 16.5. The number of benzene rings is 2. The van der Waals surface area contributed by atoms with Crippen LogP contribution in [0.5, 0.6) is 11.5 Å². The Morgan fingerprint density at radius 2 is 1.74 bits per heavy atom. The van der Waals surface area contributed by atoms with Crippen LogP contribution >= 0.6 is 0 Å². The fourth-order valence-corrected chi connectivity index (χ4v) is 2.07. The summed E-state index contributed by atoms with van der Waals surface area (Å²) in [6, 6.07) is 13.4. The maximum atomic E-state index is 9.63. The van der Waals surface area contributed by atoms with E-state index in [4.69, 9.17) is 4.74 Å². The van der Waals surface area contributed by atoms with Crippen molar-refractivity contribution in [1.82, 2.24) is 0 Å². The fourth-order valence-electron chi connectivity index (χ4n) is 2.07. The third-order valence-corrected chi connectivity index (χ3v) is 3.22. The number of hydrogen-bond acceptors (Lipinski definition) is 2. The molecule has 0 aliphatic heterocycles. The summed E-state index contributed by atoms with van der Waals surface area (Å²) in [5.74, 6) is 1.08. The maximum absolute atomic E-state index is 9.63. The second-order valence-electron chi connectivity index (χ2n) is 5.72. The molecule has 0 atom stereocenters. The van der Waals surface area contributed by atoms with Crippen molar-refractivity contribution in [1.29, 1.82) is 0 Å². The number of phenolic OH excluding ortho intramolecular Hbond substituents is 1. The van der Waals surface area contributed by atoms with E-state index in [0.717, 1.165) is 16.9 Å². The molecule has 0 fully saturated rings. The monoisotopic (exact) mass is 256 g/mol. The van der Waals surface area contributed by atoms with Gasteiger partial charge in [0.15, 0.2) is 0 Å². The van der Waals surface area contributed by atoms with Gasteiger partial charge in [0.2, 0.25) is 0 Å². The Balaban J connectivity index is 2.60. The molecule has 0 radical (unpaired) electrons. The average Bonchev–Trinajstić information content (AvgIpc) is 2.37. The van der Waals surface area contributed by atoms with Gasteiger partial charge in [0.1, 0.15) is 11.5 Å². The zero-order valence-electron chi connectivity index (χ0n) is 11.9. The number of ether oxygens (including phenoxy) is 1. The van der Waals surface area contributed by atoms with Gasteiger partial charge in [-0.05, 0) is 40.8 Å². The number of aromatic hydroxyl groups is 1. The van der Waals surface area contributed by atoms with Gasteiger partial charge in [0, 0.05) is 5.56 Å². The minimum absolute atomic E-state index is 0.0812. The molecule has 0 spiro atoms. The summed E-state index contributed by atoms with van der Waals surface area (Å²) in [6.07, 6.45) is 0. The molecule has 0 aliphatic carbocycles. The van der Waals surface area contributed by atoms with Crippen LogP contribution in [-0.2, 0) is 5.41 Å². The Labute approximate surface area is 114 Å². The van der Waals surface area contributed by atoms with Crippen molar-refractivity contribution in [3.63, 3.8) is 0 Å². The summed E-state index contributed by atoms with van der Waals surface area (Å²) < 4.78 is 5.43. The normalized spacial score (nSPS) is 11.4. The summed E-state index contributed by atoms with van der Waals surface area (Å²) in [5, 5.41) is 9.63. The minimum atomic E-state index is 0.0812. The molecule has 1 N–H and O–H groups in total. The SMILES string of the molecule is COc1ccc(C(C)(C)C)cc1-c1cccc(O)c1. The molecule has 0 saturated heterocycles. The smallest absolute Gasteiger partial charge is 0.126 e. The fraction of sp³-hybridized carbons (Fsp3) is 0.294. The van der Waals surface area contributed by atoms with Crippen LogP contribution in [-0.4, -0.2) is 12.2 Å². The van der Waals surface area contributed by atoms with Crippen molar-refractivity contribution < 1.29 is 9.84 Å². The highest BCUT2D eigenvalue weighted by Crippen LogP contribution is 2.35. The van der Waals surface area contributed by atoms with Gasteiger partial charge in [0.25, 0.3) is 0 Å². The third-order valence-electron chi connectivity index (χ3n) is 3.22. The van der Waals surface area contributed by atoms with E-state index in [1.807, 2.05) is 18.2 Å². The molecule has 2 aromatic carbocycles. The Kier molecular flexibility index (Phi) is 3.52. The molecule has 0 aromatic heterocycles. The Morgan fingerprint density at radius 3 is 2.32 bits per heavy atom. The van der Waals surface area contributed by atoms with Crippen molar-refractivity contribution in [3.05, 3.63) is 48.0 Å². The molecule has 0 saturated carbocycles. The zero-order valence-corrected chi connectivity index (χ0v) is 11.9. The molecule has 0 aliphatic rings. The van der Waals surface area contributed by atoms with Crippen molar-refractivity contribution in [2.24, 2.45) is 0 Å². The van der Waals surface area contributed by atoms with Crippen LogP contribution in [0.25, 0.3) is 11.1 Å². The van der Waals surface area contributed by atoms with Crippen molar-refractivity contribution in [2.75, 3.05) is 7.11 Å². The molecule has 0 unspecified atom stereocenters. The van der Waals surface area contributed by atoms with Crippen LogP contribution in [0.15, 0.2) is 42.5 Å². The Bertz CT molecular complexity index is 580. The quantitative estimate of drug-likeness (QED) is 0.864. The predicted octanol–water partition coefficient (Wildman–Crippen LogP) is 4.37. The largest absolute Gasteiger partial charge is 0.508 e. The molecule has 2 rings (SSSR count). The molecule has 0 amide bonds. The maximum Gasteiger partial charge on any atom is 0.126 e. The number of rotatable bonds is 2. The van der Waals surface area contributed by atoms with Gasteiger partial charge in [-0.1, -0.05) is 39.0 Å². The highest BCUT2D eigenvalue weighted by Gasteiger charge is 2.16. The summed E-state index contributed by atoms with van der Waals surface area (Å²) >= 11 is 0. The van der Waals surface area contributed by atoms with Crippen LogP contribution < -0.4 is 4.74 Å². The van der Waals surface area contributed by atoms with E-state index < -0.39 is 0 Å². The lowest BCUT2D eigenvalue weighted by atomic mass is 9.85. The van der Waals surface area contributed by atoms with E-state index in [9.17, 15) is 5.11 Å². The zero-order chi connectivity index (χ0) is 14.0.